The van der Waals surface area contributed by atoms with Crippen LogP contribution in [0.5, 0.6) is 0 Å². The molecule has 0 aromatic heterocycles. The molecule has 0 saturated carbocycles. The van der Waals surface area contributed by atoms with Crippen molar-refractivity contribution in [2.24, 2.45) is 0 Å². The summed E-state index contributed by atoms with van der Waals surface area (Å²) in [5.41, 5.74) is 0. The van der Waals surface area contributed by atoms with Gasteiger partial charge in [0, 0.05) is 14.1 Å². The predicted octanol–water partition coefficient (Wildman–Crippen LogP) is 1.27. The van der Waals surface area contributed by atoms with E-state index in [0.29, 0.717) is 6.61 Å². The van der Waals surface area contributed by atoms with Gasteiger partial charge in [0.2, 0.25) is 5.91 Å². The molecule has 0 aliphatic heterocycles. The van der Waals surface area contributed by atoms with Crippen molar-refractivity contribution in [3.63, 3.8) is 0 Å². The molecule has 0 aromatic carbocycles. The summed E-state index contributed by atoms with van der Waals surface area (Å²) in [7, 11) is 2.96. The molecule has 0 bridgehead atoms. The molecule has 0 rings (SSSR count). The fourth-order valence-corrected chi connectivity index (χ4v) is 1.49. The zero-order valence-electron chi connectivity index (χ0n) is 13.4. The third-order valence-corrected chi connectivity index (χ3v) is 2.75. The van der Waals surface area contributed by atoms with Gasteiger partial charge < -0.3 is 19.3 Å². The first kappa shape index (κ1) is 19.2. The minimum atomic E-state index is -0.568. The standard InChI is InChI=1S/C14H26N2O5/c1-5-7-8-9-21-13(18)11-15(3)12(17)10-16(4)14(19)20-6-2/h5-11H2,1-4H3. The number of ether oxygens (including phenoxy) is 2. The van der Waals surface area contributed by atoms with Gasteiger partial charge in [-0.3, -0.25) is 9.59 Å². The molecule has 0 heterocycles. The first-order chi connectivity index (χ1) is 9.92. The lowest BCUT2D eigenvalue weighted by molar-refractivity contribution is -0.148. The number of nitrogens with zero attached hydrogens (tertiary/aromatic N) is 2. The number of likely N-dealkylation sites (N-methyl/N-ethyl adjacent to an activating group) is 2. The number of carbonyl (C=O) groups is 3. The summed E-state index contributed by atoms with van der Waals surface area (Å²) < 4.78 is 9.78. The lowest BCUT2D eigenvalue weighted by Crippen LogP contribution is -2.41. The molecule has 0 aromatic rings. The Labute approximate surface area is 126 Å². The van der Waals surface area contributed by atoms with Crippen LogP contribution in [0.1, 0.15) is 33.1 Å². The van der Waals surface area contributed by atoms with Gasteiger partial charge in [-0.25, -0.2) is 4.79 Å². The Bertz CT molecular complexity index is 346. The van der Waals surface area contributed by atoms with Gasteiger partial charge in [0.05, 0.1) is 13.2 Å². The Hall–Kier alpha value is -1.79. The first-order valence-electron chi connectivity index (χ1n) is 7.19. The average Bonchev–Trinajstić information content (AvgIpc) is 2.43. The fourth-order valence-electron chi connectivity index (χ4n) is 1.49. The minimum absolute atomic E-state index is 0.123. The van der Waals surface area contributed by atoms with Crippen molar-refractivity contribution in [2.75, 3.05) is 40.4 Å². The lowest BCUT2D eigenvalue weighted by Gasteiger charge is -2.20. The summed E-state index contributed by atoms with van der Waals surface area (Å²) in [6.07, 6.45) is 2.31. The highest BCUT2D eigenvalue weighted by atomic mass is 16.6. The van der Waals surface area contributed by atoms with Crippen molar-refractivity contribution >= 4 is 18.0 Å². The second-order valence-corrected chi connectivity index (χ2v) is 4.73. The third-order valence-electron chi connectivity index (χ3n) is 2.75. The van der Waals surface area contributed by atoms with Crippen LogP contribution < -0.4 is 0 Å². The van der Waals surface area contributed by atoms with Gasteiger partial charge in [-0.2, -0.15) is 0 Å². The van der Waals surface area contributed by atoms with Crippen LogP contribution in [0.3, 0.4) is 0 Å². The molecule has 7 nitrogen and oxygen atoms in total. The molecule has 0 unspecified atom stereocenters. The van der Waals surface area contributed by atoms with Crippen LogP contribution >= 0.6 is 0 Å². The Kier molecular flexibility index (Phi) is 10.0. The summed E-state index contributed by atoms with van der Waals surface area (Å²) in [4.78, 5) is 37.1. The molecular formula is C14H26N2O5. The minimum Gasteiger partial charge on any atom is -0.464 e. The predicted molar refractivity (Wildman–Crippen MR) is 77.8 cm³/mol. The quantitative estimate of drug-likeness (QED) is 0.473. The molecule has 0 atom stereocenters. The van der Waals surface area contributed by atoms with E-state index in [1.807, 2.05) is 0 Å². The van der Waals surface area contributed by atoms with Crippen LogP contribution in [0, 0.1) is 0 Å². The Morgan fingerprint density at radius 2 is 1.57 bits per heavy atom. The number of hydrogen-bond donors (Lipinski definition) is 0. The number of carbonyl (C=O) groups excluding carboxylic acids is 3. The molecule has 0 spiro atoms. The van der Waals surface area contributed by atoms with Crippen LogP contribution in [0.25, 0.3) is 0 Å². The van der Waals surface area contributed by atoms with Crippen LogP contribution in [0.15, 0.2) is 0 Å². The van der Waals surface area contributed by atoms with Gasteiger partial charge in [-0.15, -0.1) is 0 Å². The van der Waals surface area contributed by atoms with Crippen LogP contribution in [0.2, 0.25) is 0 Å². The third kappa shape index (κ3) is 8.88. The molecule has 0 N–H and O–H groups in total. The van der Waals surface area contributed by atoms with Crippen LogP contribution in [-0.2, 0) is 19.1 Å². The summed E-state index contributed by atoms with van der Waals surface area (Å²) in [6, 6.07) is 0. The highest BCUT2D eigenvalue weighted by molar-refractivity contribution is 5.85. The SMILES string of the molecule is CCCCCOC(=O)CN(C)C(=O)CN(C)C(=O)OCC. The van der Waals surface area contributed by atoms with Gasteiger partial charge in [0.15, 0.2) is 0 Å². The summed E-state index contributed by atoms with van der Waals surface area (Å²) in [5, 5.41) is 0. The van der Waals surface area contributed by atoms with E-state index < -0.39 is 12.1 Å². The monoisotopic (exact) mass is 302 g/mol. The van der Waals surface area contributed by atoms with E-state index in [1.165, 1.54) is 19.0 Å². The van der Waals surface area contributed by atoms with Gasteiger partial charge in [-0.1, -0.05) is 19.8 Å². The second kappa shape index (κ2) is 10.9. The van der Waals surface area contributed by atoms with Crippen molar-refractivity contribution in [1.29, 1.82) is 0 Å². The molecule has 0 aliphatic carbocycles. The van der Waals surface area contributed by atoms with Gasteiger partial charge >= 0.3 is 12.1 Å². The van der Waals surface area contributed by atoms with E-state index in [4.69, 9.17) is 9.47 Å². The number of rotatable bonds is 9. The van der Waals surface area contributed by atoms with Gasteiger partial charge in [-0.05, 0) is 13.3 Å². The van der Waals surface area contributed by atoms with E-state index in [0.717, 1.165) is 24.2 Å². The summed E-state index contributed by atoms with van der Waals surface area (Å²) in [5.74, 6) is -0.795. The van der Waals surface area contributed by atoms with E-state index in [9.17, 15) is 14.4 Å². The van der Waals surface area contributed by atoms with Gasteiger partial charge in [0.1, 0.15) is 13.1 Å². The molecule has 0 aliphatic rings. The maximum Gasteiger partial charge on any atom is 0.409 e. The van der Waals surface area contributed by atoms with Crippen molar-refractivity contribution < 1.29 is 23.9 Å². The molecule has 122 valence electrons. The maximum atomic E-state index is 11.8. The molecule has 0 fully saturated rings. The average molecular weight is 302 g/mol. The number of hydrogen-bond acceptors (Lipinski definition) is 5. The van der Waals surface area contributed by atoms with Gasteiger partial charge in [0.25, 0.3) is 0 Å². The van der Waals surface area contributed by atoms with Crippen molar-refractivity contribution in [2.45, 2.75) is 33.1 Å². The molecule has 21 heavy (non-hydrogen) atoms. The Morgan fingerprint density at radius 3 is 2.14 bits per heavy atom. The van der Waals surface area contributed by atoms with E-state index in [-0.39, 0.29) is 25.6 Å². The molecular weight excluding hydrogens is 276 g/mol. The highest BCUT2D eigenvalue weighted by Crippen LogP contribution is 1.97. The van der Waals surface area contributed by atoms with E-state index in [2.05, 4.69) is 6.92 Å². The maximum absolute atomic E-state index is 11.8. The lowest BCUT2D eigenvalue weighted by atomic mass is 10.3. The number of amides is 2. The summed E-state index contributed by atoms with van der Waals surface area (Å²) in [6.45, 7) is 4.11. The molecule has 0 radical (unpaired) electrons. The normalized spacial score (nSPS) is 9.90. The zero-order chi connectivity index (χ0) is 16.3. The van der Waals surface area contributed by atoms with Crippen LogP contribution in [-0.4, -0.2) is 68.2 Å². The fraction of sp³-hybridized carbons (Fsp3) is 0.786. The smallest absolute Gasteiger partial charge is 0.409 e. The number of esters is 1. The Balaban J connectivity index is 4.03. The zero-order valence-corrected chi connectivity index (χ0v) is 13.4. The topological polar surface area (TPSA) is 76.2 Å². The van der Waals surface area contributed by atoms with Crippen molar-refractivity contribution in [3.8, 4) is 0 Å². The first-order valence-corrected chi connectivity index (χ1v) is 7.19. The second-order valence-electron chi connectivity index (χ2n) is 4.73. The molecule has 0 saturated heterocycles. The van der Waals surface area contributed by atoms with E-state index in [1.54, 1.807) is 6.92 Å². The van der Waals surface area contributed by atoms with Crippen LogP contribution in [0.4, 0.5) is 4.79 Å². The highest BCUT2D eigenvalue weighted by Gasteiger charge is 2.18. The Morgan fingerprint density at radius 1 is 0.905 bits per heavy atom. The van der Waals surface area contributed by atoms with Crippen molar-refractivity contribution in [1.82, 2.24) is 9.80 Å². The molecule has 2 amide bonds. The molecule has 7 heteroatoms. The van der Waals surface area contributed by atoms with E-state index >= 15 is 0 Å². The number of unbranched alkanes of at least 4 members (excludes halogenated alkanes) is 2. The van der Waals surface area contributed by atoms with Crippen molar-refractivity contribution in [3.05, 3.63) is 0 Å². The largest absolute Gasteiger partial charge is 0.464 e. The summed E-state index contributed by atoms with van der Waals surface area (Å²) >= 11 is 0.